The predicted octanol–water partition coefficient (Wildman–Crippen LogP) is 4.21. The molecule has 110 valence electrons. The number of rotatable bonds is 4. The number of halogens is 1. The zero-order chi connectivity index (χ0) is 15.4. The number of anilines is 1. The van der Waals surface area contributed by atoms with Gasteiger partial charge in [-0.3, -0.25) is 4.79 Å². The van der Waals surface area contributed by atoms with Crippen LogP contribution in [-0.2, 0) is 0 Å². The number of para-hydroxylation sites is 1. The Bertz CT molecular complexity index is 642. The monoisotopic (exact) mass is 302 g/mol. The second-order valence-corrected chi connectivity index (χ2v) is 5.38. The van der Waals surface area contributed by atoms with Crippen molar-refractivity contribution >= 4 is 23.2 Å². The highest BCUT2D eigenvalue weighted by molar-refractivity contribution is 6.30. The van der Waals surface area contributed by atoms with Crippen LogP contribution in [0.2, 0.25) is 5.02 Å². The van der Waals surface area contributed by atoms with Crippen LogP contribution in [0.25, 0.3) is 0 Å². The summed E-state index contributed by atoms with van der Waals surface area (Å²) >= 11 is 6.02. The van der Waals surface area contributed by atoms with Crippen LogP contribution in [0.3, 0.4) is 0 Å². The Morgan fingerprint density at radius 2 is 1.90 bits per heavy atom. The van der Waals surface area contributed by atoms with E-state index in [4.69, 9.17) is 11.6 Å². The van der Waals surface area contributed by atoms with Crippen LogP contribution in [0.4, 0.5) is 5.69 Å². The van der Waals surface area contributed by atoms with Crippen molar-refractivity contribution in [1.82, 2.24) is 4.90 Å². The molecule has 0 aliphatic heterocycles. The molecule has 0 radical (unpaired) electrons. The number of carbonyl (C=O) groups excluding carboxylic acids is 1. The Labute approximate surface area is 130 Å². The largest absolute Gasteiger partial charge is 0.387 e. The summed E-state index contributed by atoms with van der Waals surface area (Å²) in [5.74, 6) is -0.0209. The highest BCUT2D eigenvalue weighted by Crippen LogP contribution is 2.25. The molecule has 0 saturated heterocycles. The smallest absolute Gasteiger partial charge is 0.256 e. The van der Waals surface area contributed by atoms with E-state index in [0.717, 1.165) is 11.3 Å². The first-order valence-corrected chi connectivity index (χ1v) is 7.21. The quantitative estimate of drug-likeness (QED) is 0.917. The van der Waals surface area contributed by atoms with Crippen LogP contribution in [0.1, 0.15) is 28.9 Å². The first kappa shape index (κ1) is 15.4. The summed E-state index contributed by atoms with van der Waals surface area (Å²) in [4.78, 5) is 14.4. The van der Waals surface area contributed by atoms with Crippen molar-refractivity contribution in [3.05, 3.63) is 64.7 Å². The molecule has 0 saturated carbocycles. The van der Waals surface area contributed by atoms with E-state index in [1.807, 2.05) is 62.5 Å². The van der Waals surface area contributed by atoms with Crippen LogP contribution >= 0.6 is 11.6 Å². The molecular formula is C17H19ClN2O. The van der Waals surface area contributed by atoms with E-state index in [-0.39, 0.29) is 11.9 Å². The molecule has 21 heavy (non-hydrogen) atoms. The van der Waals surface area contributed by atoms with Gasteiger partial charge in [0.25, 0.3) is 5.91 Å². The summed E-state index contributed by atoms with van der Waals surface area (Å²) < 4.78 is 0. The van der Waals surface area contributed by atoms with Gasteiger partial charge < -0.3 is 10.2 Å². The van der Waals surface area contributed by atoms with E-state index in [9.17, 15) is 4.79 Å². The van der Waals surface area contributed by atoms with Gasteiger partial charge in [-0.1, -0.05) is 35.9 Å². The maximum atomic E-state index is 12.7. The Morgan fingerprint density at radius 3 is 2.57 bits per heavy atom. The van der Waals surface area contributed by atoms with E-state index in [1.54, 1.807) is 11.9 Å². The number of hydrogen-bond donors (Lipinski definition) is 1. The summed E-state index contributed by atoms with van der Waals surface area (Å²) in [6, 6.07) is 15.0. The molecule has 0 fully saturated rings. The lowest BCUT2D eigenvalue weighted by molar-refractivity contribution is 0.0743. The molecule has 0 bridgehead atoms. The average molecular weight is 303 g/mol. The first-order valence-electron chi connectivity index (χ1n) is 6.84. The molecule has 2 rings (SSSR count). The number of nitrogens with zero attached hydrogens (tertiary/aromatic N) is 1. The lowest BCUT2D eigenvalue weighted by atomic mass is 10.1. The van der Waals surface area contributed by atoms with Gasteiger partial charge in [-0.15, -0.1) is 0 Å². The topological polar surface area (TPSA) is 32.3 Å². The van der Waals surface area contributed by atoms with E-state index < -0.39 is 0 Å². The summed E-state index contributed by atoms with van der Waals surface area (Å²) in [7, 11) is 3.62. The zero-order valence-corrected chi connectivity index (χ0v) is 13.2. The van der Waals surface area contributed by atoms with E-state index in [2.05, 4.69) is 5.32 Å². The van der Waals surface area contributed by atoms with Crippen molar-refractivity contribution in [2.24, 2.45) is 0 Å². The third-order valence-corrected chi connectivity index (χ3v) is 3.89. The molecule has 0 spiro atoms. The fourth-order valence-electron chi connectivity index (χ4n) is 2.24. The number of hydrogen-bond acceptors (Lipinski definition) is 2. The Morgan fingerprint density at radius 1 is 1.19 bits per heavy atom. The van der Waals surface area contributed by atoms with Gasteiger partial charge in [0.2, 0.25) is 0 Å². The molecule has 1 amide bonds. The maximum absolute atomic E-state index is 12.7. The van der Waals surface area contributed by atoms with Gasteiger partial charge in [-0.05, 0) is 36.8 Å². The zero-order valence-electron chi connectivity index (χ0n) is 12.4. The second kappa shape index (κ2) is 6.64. The molecule has 0 aliphatic rings. The molecule has 3 nitrogen and oxygen atoms in total. The van der Waals surface area contributed by atoms with Crippen molar-refractivity contribution in [3.63, 3.8) is 0 Å². The van der Waals surface area contributed by atoms with Crippen molar-refractivity contribution in [1.29, 1.82) is 0 Å². The minimum absolute atomic E-state index is 0.0209. The number of carbonyl (C=O) groups is 1. The van der Waals surface area contributed by atoms with Crippen molar-refractivity contribution < 1.29 is 4.79 Å². The third kappa shape index (κ3) is 3.37. The molecule has 0 heterocycles. The second-order valence-electron chi connectivity index (χ2n) is 4.94. The SMILES string of the molecule is CNc1ccccc1C(=O)N(C)C(C)c1cccc(Cl)c1. The first-order chi connectivity index (χ1) is 10.0. The van der Waals surface area contributed by atoms with Crippen LogP contribution in [0, 0.1) is 0 Å². The standard InChI is InChI=1S/C17H19ClN2O/c1-12(13-7-6-8-14(18)11-13)20(3)17(21)15-9-4-5-10-16(15)19-2/h4-12,19H,1-3H3. The molecule has 2 aromatic rings. The molecule has 2 aromatic carbocycles. The fraction of sp³-hybridized carbons (Fsp3) is 0.235. The van der Waals surface area contributed by atoms with E-state index in [1.165, 1.54) is 0 Å². The summed E-state index contributed by atoms with van der Waals surface area (Å²) in [5, 5.41) is 3.73. The molecule has 4 heteroatoms. The fourth-order valence-corrected chi connectivity index (χ4v) is 2.44. The molecular weight excluding hydrogens is 284 g/mol. The molecule has 0 aromatic heterocycles. The van der Waals surface area contributed by atoms with Gasteiger partial charge in [0, 0.05) is 24.8 Å². The Kier molecular flexibility index (Phi) is 4.86. The van der Waals surface area contributed by atoms with Crippen molar-refractivity contribution in [3.8, 4) is 0 Å². The van der Waals surface area contributed by atoms with Gasteiger partial charge in [0.05, 0.1) is 11.6 Å². The molecule has 1 unspecified atom stereocenters. The molecule has 1 N–H and O–H groups in total. The van der Waals surface area contributed by atoms with Crippen LogP contribution in [0.15, 0.2) is 48.5 Å². The van der Waals surface area contributed by atoms with Crippen molar-refractivity contribution in [2.75, 3.05) is 19.4 Å². The highest BCUT2D eigenvalue weighted by Gasteiger charge is 2.20. The normalized spacial score (nSPS) is 11.8. The van der Waals surface area contributed by atoms with Crippen LogP contribution in [-0.4, -0.2) is 24.9 Å². The van der Waals surface area contributed by atoms with Gasteiger partial charge >= 0.3 is 0 Å². The van der Waals surface area contributed by atoms with Crippen LogP contribution in [0.5, 0.6) is 0 Å². The maximum Gasteiger partial charge on any atom is 0.256 e. The van der Waals surface area contributed by atoms with Crippen molar-refractivity contribution in [2.45, 2.75) is 13.0 Å². The predicted molar refractivity (Wildman–Crippen MR) is 87.9 cm³/mol. The summed E-state index contributed by atoms with van der Waals surface area (Å²) in [6.07, 6.45) is 0. The summed E-state index contributed by atoms with van der Waals surface area (Å²) in [6.45, 7) is 1.99. The lowest BCUT2D eigenvalue weighted by Gasteiger charge is -2.26. The van der Waals surface area contributed by atoms with Gasteiger partial charge in [0.1, 0.15) is 0 Å². The Balaban J connectivity index is 2.26. The number of benzene rings is 2. The average Bonchev–Trinajstić information content (AvgIpc) is 2.52. The number of nitrogens with one attached hydrogen (secondary N) is 1. The lowest BCUT2D eigenvalue weighted by Crippen LogP contribution is -2.30. The minimum Gasteiger partial charge on any atom is -0.387 e. The highest BCUT2D eigenvalue weighted by atomic mass is 35.5. The Hall–Kier alpha value is -2.00. The van der Waals surface area contributed by atoms with E-state index in [0.29, 0.717) is 10.6 Å². The molecule has 1 atom stereocenters. The van der Waals surface area contributed by atoms with Gasteiger partial charge in [-0.2, -0.15) is 0 Å². The van der Waals surface area contributed by atoms with Gasteiger partial charge in [-0.25, -0.2) is 0 Å². The van der Waals surface area contributed by atoms with Crippen LogP contribution < -0.4 is 5.32 Å². The minimum atomic E-state index is -0.0545. The molecule has 0 aliphatic carbocycles. The summed E-state index contributed by atoms with van der Waals surface area (Å²) in [5.41, 5.74) is 2.50. The third-order valence-electron chi connectivity index (χ3n) is 3.66. The van der Waals surface area contributed by atoms with E-state index >= 15 is 0 Å². The van der Waals surface area contributed by atoms with Gasteiger partial charge in [0.15, 0.2) is 0 Å². The number of amides is 1.